The lowest BCUT2D eigenvalue weighted by Gasteiger charge is -2.07. The van der Waals surface area contributed by atoms with Crippen LogP contribution in [0.1, 0.15) is 43.2 Å². The number of fused-ring (bicyclic) bond motifs is 1. The Kier molecular flexibility index (Phi) is 5.18. The van der Waals surface area contributed by atoms with Gasteiger partial charge in [-0.25, -0.2) is 4.79 Å². The highest BCUT2D eigenvalue weighted by Gasteiger charge is 2.23. The largest absolute Gasteiger partial charge is 0.454 e. The molecule has 1 amide bonds. The van der Waals surface area contributed by atoms with Crippen molar-refractivity contribution in [3.8, 4) is 0 Å². The summed E-state index contributed by atoms with van der Waals surface area (Å²) in [6, 6.07) is 14.8. The number of carbonyl (C=O) groups excluding carboxylic acids is 3. The minimum Gasteiger partial charge on any atom is -0.454 e. The molecule has 3 aromatic rings. The number of rotatable bonds is 6. The summed E-state index contributed by atoms with van der Waals surface area (Å²) < 4.78 is 7.04. The third-order valence-corrected chi connectivity index (χ3v) is 5.15. The smallest absolute Gasteiger partial charge is 0.342 e. The molecule has 4 rings (SSSR count). The van der Waals surface area contributed by atoms with E-state index in [2.05, 4.69) is 10.4 Å². The molecule has 30 heavy (non-hydrogen) atoms. The van der Waals surface area contributed by atoms with E-state index >= 15 is 0 Å². The molecule has 152 valence electrons. The van der Waals surface area contributed by atoms with E-state index < -0.39 is 5.97 Å². The van der Waals surface area contributed by atoms with Crippen molar-refractivity contribution in [2.75, 3.05) is 11.9 Å². The number of amides is 1. The molecule has 0 bridgehead atoms. The lowest BCUT2D eigenvalue weighted by molar-refractivity contribution is -0.115. The molecule has 1 N–H and O–H groups in total. The molecule has 2 aromatic carbocycles. The Morgan fingerprint density at radius 1 is 1.13 bits per heavy atom. The number of hydrogen-bond donors (Lipinski definition) is 1. The number of benzene rings is 2. The molecule has 0 radical (unpaired) electrons. The predicted molar refractivity (Wildman–Crippen MR) is 111 cm³/mol. The molecule has 0 fully saturated rings. The fraction of sp³-hybridized carbons (Fsp3) is 0.217. The van der Waals surface area contributed by atoms with Gasteiger partial charge in [0.25, 0.3) is 0 Å². The van der Waals surface area contributed by atoms with Gasteiger partial charge in [0, 0.05) is 11.3 Å². The second kappa shape index (κ2) is 7.94. The molecule has 0 unspecified atom stereocenters. The van der Waals surface area contributed by atoms with Crippen LogP contribution < -0.4 is 5.32 Å². The van der Waals surface area contributed by atoms with E-state index in [0.29, 0.717) is 34.7 Å². The Morgan fingerprint density at radius 3 is 2.67 bits per heavy atom. The monoisotopic (exact) mass is 403 g/mol. The van der Waals surface area contributed by atoms with E-state index in [1.807, 2.05) is 37.3 Å². The highest BCUT2D eigenvalue weighted by Crippen LogP contribution is 2.24. The molecule has 0 saturated carbocycles. The van der Waals surface area contributed by atoms with Gasteiger partial charge in [0.2, 0.25) is 5.91 Å². The fourth-order valence-electron chi connectivity index (χ4n) is 3.59. The lowest BCUT2D eigenvalue weighted by atomic mass is 10.1. The molecule has 2 heterocycles. The standard InChI is InChI=1S/C23H21N3O4/c1-14-22(15(2)26(25-14)12-16-6-4-3-5-7-16)23(29)30-13-20(27)17-8-9-19-18(10-17)11-21(28)24-19/h3-10H,11-13H2,1-2H3,(H,24,28). The summed E-state index contributed by atoms with van der Waals surface area (Å²) in [6.07, 6.45) is 0.245. The Hall–Kier alpha value is -3.74. The first kappa shape index (κ1) is 19.6. The highest BCUT2D eigenvalue weighted by atomic mass is 16.5. The Bertz CT molecular complexity index is 1150. The Balaban J connectivity index is 1.44. The van der Waals surface area contributed by atoms with Crippen LogP contribution in [-0.2, 0) is 22.5 Å². The molecule has 1 aromatic heterocycles. The topological polar surface area (TPSA) is 90.3 Å². The third kappa shape index (κ3) is 3.87. The SMILES string of the molecule is Cc1nn(Cc2ccccc2)c(C)c1C(=O)OCC(=O)c1ccc2c(c1)CC(=O)N2. The number of esters is 1. The van der Waals surface area contributed by atoms with Gasteiger partial charge in [0.15, 0.2) is 12.4 Å². The quantitative estimate of drug-likeness (QED) is 0.505. The van der Waals surface area contributed by atoms with Gasteiger partial charge < -0.3 is 10.1 Å². The van der Waals surface area contributed by atoms with E-state index in [-0.39, 0.29) is 24.7 Å². The number of hydrogen-bond acceptors (Lipinski definition) is 5. The van der Waals surface area contributed by atoms with Crippen LogP contribution in [0.5, 0.6) is 0 Å². The van der Waals surface area contributed by atoms with Gasteiger partial charge in [-0.2, -0.15) is 5.10 Å². The van der Waals surface area contributed by atoms with E-state index in [1.54, 1.807) is 29.8 Å². The third-order valence-electron chi connectivity index (χ3n) is 5.15. The summed E-state index contributed by atoms with van der Waals surface area (Å²) >= 11 is 0. The molecule has 0 spiro atoms. The summed E-state index contributed by atoms with van der Waals surface area (Å²) in [5, 5.41) is 7.17. The maximum Gasteiger partial charge on any atom is 0.342 e. The number of carbonyl (C=O) groups is 3. The number of Topliss-reactive ketones (excluding diaryl/α,β-unsaturated/α-hetero) is 1. The van der Waals surface area contributed by atoms with Gasteiger partial charge in [-0.3, -0.25) is 14.3 Å². The van der Waals surface area contributed by atoms with Crippen LogP contribution in [0.4, 0.5) is 5.69 Å². The molecule has 7 nitrogen and oxygen atoms in total. The average Bonchev–Trinajstić information content (AvgIpc) is 3.24. The van der Waals surface area contributed by atoms with Gasteiger partial charge in [-0.05, 0) is 43.2 Å². The molecule has 0 atom stereocenters. The number of aryl methyl sites for hydroxylation is 1. The molecule has 0 aliphatic carbocycles. The van der Waals surface area contributed by atoms with Crippen molar-refractivity contribution >= 4 is 23.3 Å². The van der Waals surface area contributed by atoms with E-state index in [1.165, 1.54) is 0 Å². The second-order valence-corrected chi connectivity index (χ2v) is 7.29. The number of nitrogens with one attached hydrogen (secondary N) is 1. The number of aromatic nitrogens is 2. The zero-order chi connectivity index (χ0) is 21.3. The second-order valence-electron chi connectivity index (χ2n) is 7.29. The molecule has 1 aliphatic rings. The molecular weight excluding hydrogens is 382 g/mol. The van der Waals surface area contributed by atoms with E-state index in [9.17, 15) is 14.4 Å². The summed E-state index contributed by atoms with van der Waals surface area (Å²) in [5.41, 5.74) is 4.59. The lowest BCUT2D eigenvalue weighted by Crippen LogP contribution is -2.16. The maximum atomic E-state index is 12.6. The molecule has 7 heteroatoms. The number of ether oxygens (including phenoxy) is 1. The zero-order valence-electron chi connectivity index (χ0n) is 16.8. The molecule has 1 aliphatic heterocycles. The molecular formula is C23H21N3O4. The number of ketones is 1. The van der Waals surface area contributed by atoms with Crippen LogP contribution in [0.15, 0.2) is 48.5 Å². The minimum atomic E-state index is -0.573. The van der Waals surface area contributed by atoms with Crippen LogP contribution >= 0.6 is 0 Å². The van der Waals surface area contributed by atoms with Crippen molar-refractivity contribution in [2.45, 2.75) is 26.8 Å². The summed E-state index contributed by atoms with van der Waals surface area (Å²) in [4.78, 5) is 36.6. The van der Waals surface area contributed by atoms with Crippen LogP contribution in [0.3, 0.4) is 0 Å². The predicted octanol–water partition coefficient (Wildman–Crippen LogP) is 3.08. The van der Waals surface area contributed by atoms with Crippen LogP contribution in [0, 0.1) is 13.8 Å². The van der Waals surface area contributed by atoms with Crippen molar-refractivity contribution in [1.29, 1.82) is 0 Å². The summed E-state index contributed by atoms with van der Waals surface area (Å²) in [7, 11) is 0. The van der Waals surface area contributed by atoms with Crippen molar-refractivity contribution in [1.82, 2.24) is 9.78 Å². The van der Waals surface area contributed by atoms with Gasteiger partial charge in [0.05, 0.1) is 24.4 Å². The first-order valence-electron chi connectivity index (χ1n) is 9.63. The van der Waals surface area contributed by atoms with Gasteiger partial charge in [0.1, 0.15) is 5.56 Å². The van der Waals surface area contributed by atoms with Crippen molar-refractivity contribution in [3.63, 3.8) is 0 Å². The van der Waals surface area contributed by atoms with Gasteiger partial charge >= 0.3 is 5.97 Å². The van der Waals surface area contributed by atoms with Gasteiger partial charge in [-0.15, -0.1) is 0 Å². The first-order chi connectivity index (χ1) is 14.4. The minimum absolute atomic E-state index is 0.0977. The first-order valence-corrected chi connectivity index (χ1v) is 9.63. The summed E-state index contributed by atoms with van der Waals surface area (Å²) in [6.45, 7) is 3.73. The van der Waals surface area contributed by atoms with Crippen LogP contribution in [0.25, 0.3) is 0 Å². The van der Waals surface area contributed by atoms with Crippen molar-refractivity contribution < 1.29 is 19.1 Å². The Morgan fingerprint density at radius 2 is 1.90 bits per heavy atom. The van der Waals surface area contributed by atoms with Crippen molar-refractivity contribution in [2.24, 2.45) is 0 Å². The molecule has 0 saturated heterocycles. The van der Waals surface area contributed by atoms with Gasteiger partial charge in [-0.1, -0.05) is 30.3 Å². The van der Waals surface area contributed by atoms with Crippen LogP contribution in [0.2, 0.25) is 0 Å². The maximum absolute atomic E-state index is 12.6. The average molecular weight is 403 g/mol. The van der Waals surface area contributed by atoms with Crippen molar-refractivity contribution in [3.05, 3.63) is 82.2 Å². The summed E-state index contributed by atoms with van der Waals surface area (Å²) in [5.74, 6) is -0.993. The van der Waals surface area contributed by atoms with E-state index in [4.69, 9.17) is 4.74 Å². The highest BCUT2D eigenvalue weighted by molar-refractivity contribution is 6.03. The number of anilines is 1. The zero-order valence-corrected chi connectivity index (χ0v) is 16.8. The normalized spacial score (nSPS) is 12.4. The number of nitrogens with zero attached hydrogens (tertiary/aromatic N) is 2. The fourth-order valence-corrected chi connectivity index (χ4v) is 3.59. The van der Waals surface area contributed by atoms with E-state index in [0.717, 1.165) is 11.1 Å². The Labute approximate surface area is 173 Å². The van der Waals surface area contributed by atoms with Crippen LogP contribution in [-0.4, -0.2) is 34.0 Å².